The summed E-state index contributed by atoms with van der Waals surface area (Å²) in [6, 6.07) is 7.38. The van der Waals surface area contributed by atoms with E-state index >= 15 is 0 Å². The summed E-state index contributed by atoms with van der Waals surface area (Å²) in [5.41, 5.74) is 6.27. The second kappa shape index (κ2) is 5.87. The highest BCUT2D eigenvalue weighted by molar-refractivity contribution is 5.97. The van der Waals surface area contributed by atoms with Crippen LogP contribution in [0.25, 0.3) is 0 Å². The van der Waals surface area contributed by atoms with Gasteiger partial charge in [0.2, 0.25) is 0 Å². The first-order valence-electron chi connectivity index (χ1n) is 6.49. The lowest BCUT2D eigenvalue weighted by molar-refractivity contribution is 0.0929. The minimum atomic E-state index is -0.0959. The van der Waals surface area contributed by atoms with Crippen molar-refractivity contribution < 1.29 is 9.53 Å². The number of benzene rings is 1. The number of ether oxygens (including phenoxy) is 1. The highest BCUT2D eigenvalue weighted by Crippen LogP contribution is 2.32. The summed E-state index contributed by atoms with van der Waals surface area (Å²) < 4.78 is 5.46. The van der Waals surface area contributed by atoms with Gasteiger partial charge in [0, 0.05) is 12.6 Å². The Morgan fingerprint density at radius 3 is 2.83 bits per heavy atom. The van der Waals surface area contributed by atoms with Crippen LogP contribution in [0.1, 0.15) is 30.1 Å². The molecule has 1 unspecified atom stereocenters. The molecule has 0 heterocycles. The Labute approximate surface area is 108 Å². The Balaban J connectivity index is 2.07. The SMILES string of the molecule is CCOc1ccccc1C(=O)NC(CN)C1CC1. The van der Waals surface area contributed by atoms with Crippen LogP contribution < -0.4 is 15.8 Å². The summed E-state index contributed by atoms with van der Waals surface area (Å²) >= 11 is 0. The van der Waals surface area contributed by atoms with Crippen molar-refractivity contribution in [1.82, 2.24) is 5.32 Å². The maximum absolute atomic E-state index is 12.2. The summed E-state index contributed by atoms with van der Waals surface area (Å²) in [5, 5.41) is 3.00. The van der Waals surface area contributed by atoms with Gasteiger partial charge in [0.15, 0.2) is 0 Å². The molecule has 1 fully saturated rings. The number of nitrogens with one attached hydrogen (secondary N) is 1. The maximum Gasteiger partial charge on any atom is 0.255 e. The van der Waals surface area contributed by atoms with Gasteiger partial charge < -0.3 is 15.8 Å². The average molecular weight is 248 g/mol. The molecule has 98 valence electrons. The van der Waals surface area contributed by atoms with Gasteiger partial charge >= 0.3 is 0 Å². The number of hydrogen-bond donors (Lipinski definition) is 2. The van der Waals surface area contributed by atoms with Crippen molar-refractivity contribution in [3.05, 3.63) is 29.8 Å². The average Bonchev–Trinajstić information content (AvgIpc) is 3.21. The third-order valence-electron chi connectivity index (χ3n) is 3.19. The van der Waals surface area contributed by atoms with E-state index in [9.17, 15) is 4.79 Å². The van der Waals surface area contributed by atoms with Crippen LogP contribution in [0.3, 0.4) is 0 Å². The molecule has 4 nitrogen and oxygen atoms in total. The molecule has 1 aliphatic carbocycles. The molecule has 2 rings (SSSR count). The van der Waals surface area contributed by atoms with Gasteiger partial charge in [-0.25, -0.2) is 0 Å². The van der Waals surface area contributed by atoms with Gasteiger partial charge in [0.1, 0.15) is 5.75 Å². The number of carbonyl (C=O) groups is 1. The van der Waals surface area contributed by atoms with E-state index in [1.807, 2.05) is 25.1 Å². The molecule has 0 bridgehead atoms. The first kappa shape index (κ1) is 12.9. The van der Waals surface area contributed by atoms with Crippen molar-refractivity contribution in [3.63, 3.8) is 0 Å². The highest BCUT2D eigenvalue weighted by atomic mass is 16.5. The molecule has 1 atom stereocenters. The lowest BCUT2D eigenvalue weighted by Gasteiger charge is -2.17. The fourth-order valence-electron chi connectivity index (χ4n) is 2.05. The molecule has 1 aliphatic rings. The molecule has 0 aromatic heterocycles. The molecule has 1 aromatic carbocycles. The van der Waals surface area contributed by atoms with Gasteiger partial charge in [-0.3, -0.25) is 4.79 Å². The van der Waals surface area contributed by atoms with Crippen molar-refractivity contribution >= 4 is 5.91 Å². The quantitative estimate of drug-likeness (QED) is 0.803. The van der Waals surface area contributed by atoms with Crippen LogP contribution in [0.4, 0.5) is 0 Å². The van der Waals surface area contributed by atoms with E-state index < -0.39 is 0 Å². The van der Waals surface area contributed by atoms with Crippen LogP contribution in [0, 0.1) is 5.92 Å². The van der Waals surface area contributed by atoms with Crippen LogP contribution in [0.15, 0.2) is 24.3 Å². The van der Waals surface area contributed by atoms with Crippen LogP contribution >= 0.6 is 0 Å². The Morgan fingerprint density at radius 2 is 2.22 bits per heavy atom. The molecular weight excluding hydrogens is 228 g/mol. The van der Waals surface area contributed by atoms with Crippen molar-refractivity contribution in [2.75, 3.05) is 13.2 Å². The predicted octanol–water partition coefficient (Wildman–Crippen LogP) is 1.55. The Bertz CT molecular complexity index is 416. The lowest BCUT2D eigenvalue weighted by atomic mass is 10.1. The molecule has 0 aliphatic heterocycles. The molecular formula is C14H20N2O2. The second-order valence-electron chi connectivity index (χ2n) is 4.58. The minimum Gasteiger partial charge on any atom is -0.493 e. The second-order valence-corrected chi connectivity index (χ2v) is 4.58. The Kier molecular flexibility index (Phi) is 4.20. The smallest absolute Gasteiger partial charge is 0.255 e. The molecule has 1 amide bonds. The normalized spacial score (nSPS) is 16.1. The first-order chi connectivity index (χ1) is 8.76. The lowest BCUT2D eigenvalue weighted by Crippen LogP contribution is -2.41. The van der Waals surface area contributed by atoms with Crippen molar-refractivity contribution in [2.24, 2.45) is 11.7 Å². The van der Waals surface area contributed by atoms with E-state index in [1.54, 1.807) is 6.07 Å². The van der Waals surface area contributed by atoms with E-state index in [-0.39, 0.29) is 11.9 Å². The zero-order valence-electron chi connectivity index (χ0n) is 10.7. The number of amides is 1. The third-order valence-corrected chi connectivity index (χ3v) is 3.19. The maximum atomic E-state index is 12.2. The molecule has 0 saturated heterocycles. The first-order valence-corrected chi connectivity index (χ1v) is 6.49. The van der Waals surface area contributed by atoms with Crippen LogP contribution in [0.5, 0.6) is 5.75 Å². The monoisotopic (exact) mass is 248 g/mol. The van der Waals surface area contributed by atoms with Crippen molar-refractivity contribution in [2.45, 2.75) is 25.8 Å². The molecule has 0 radical (unpaired) electrons. The van der Waals surface area contributed by atoms with E-state index in [2.05, 4.69) is 5.32 Å². The zero-order chi connectivity index (χ0) is 13.0. The van der Waals surface area contributed by atoms with Crippen LogP contribution in [0.2, 0.25) is 0 Å². The fourth-order valence-corrected chi connectivity index (χ4v) is 2.05. The zero-order valence-corrected chi connectivity index (χ0v) is 10.7. The molecule has 18 heavy (non-hydrogen) atoms. The third kappa shape index (κ3) is 3.01. The number of rotatable bonds is 6. The summed E-state index contributed by atoms with van der Waals surface area (Å²) in [6.07, 6.45) is 2.32. The summed E-state index contributed by atoms with van der Waals surface area (Å²) in [7, 11) is 0. The standard InChI is InChI=1S/C14H20N2O2/c1-2-18-13-6-4-3-5-11(13)14(17)16-12(9-15)10-7-8-10/h3-6,10,12H,2,7-9,15H2,1H3,(H,16,17). The molecule has 0 spiro atoms. The van der Waals surface area contributed by atoms with Gasteiger partial charge in [-0.15, -0.1) is 0 Å². The van der Waals surface area contributed by atoms with E-state index in [1.165, 1.54) is 0 Å². The van der Waals surface area contributed by atoms with Gasteiger partial charge in [-0.2, -0.15) is 0 Å². The van der Waals surface area contributed by atoms with E-state index in [4.69, 9.17) is 10.5 Å². The largest absolute Gasteiger partial charge is 0.493 e. The number of nitrogens with two attached hydrogens (primary N) is 1. The van der Waals surface area contributed by atoms with E-state index in [0.717, 1.165) is 12.8 Å². The van der Waals surface area contributed by atoms with Gasteiger partial charge in [-0.05, 0) is 37.8 Å². The number of para-hydroxylation sites is 1. The summed E-state index contributed by atoms with van der Waals surface area (Å²) in [6.45, 7) is 2.95. The van der Waals surface area contributed by atoms with Gasteiger partial charge in [-0.1, -0.05) is 12.1 Å². The highest BCUT2D eigenvalue weighted by Gasteiger charge is 2.31. The van der Waals surface area contributed by atoms with Crippen LogP contribution in [-0.2, 0) is 0 Å². The van der Waals surface area contributed by atoms with Crippen molar-refractivity contribution in [1.29, 1.82) is 0 Å². The van der Waals surface area contributed by atoms with Crippen LogP contribution in [-0.4, -0.2) is 25.1 Å². The molecule has 3 N–H and O–H groups in total. The molecule has 1 saturated carbocycles. The number of carbonyl (C=O) groups excluding carboxylic acids is 1. The number of hydrogen-bond acceptors (Lipinski definition) is 3. The van der Waals surface area contributed by atoms with E-state index in [0.29, 0.717) is 30.4 Å². The summed E-state index contributed by atoms with van der Waals surface area (Å²) in [5.74, 6) is 1.09. The topological polar surface area (TPSA) is 64.3 Å². The minimum absolute atomic E-state index is 0.0900. The Hall–Kier alpha value is -1.55. The Morgan fingerprint density at radius 1 is 1.50 bits per heavy atom. The molecule has 4 heteroatoms. The van der Waals surface area contributed by atoms with Gasteiger partial charge in [0.25, 0.3) is 5.91 Å². The summed E-state index contributed by atoms with van der Waals surface area (Å²) in [4.78, 5) is 12.2. The predicted molar refractivity (Wildman–Crippen MR) is 70.6 cm³/mol. The van der Waals surface area contributed by atoms with Crippen molar-refractivity contribution in [3.8, 4) is 5.75 Å². The fraction of sp³-hybridized carbons (Fsp3) is 0.500. The van der Waals surface area contributed by atoms with Gasteiger partial charge in [0.05, 0.1) is 12.2 Å². The molecule has 1 aromatic rings.